The Morgan fingerprint density at radius 3 is 1.01 bits per heavy atom. The minimum atomic E-state index is -1.14. The molecule has 6 atom stereocenters. The fourth-order valence-corrected chi connectivity index (χ4v) is 13.7. The fraction of sp³-hybridized carbons (Fsp3) is 0.299. The first-order valence-electron chi connectivity index (χ1n) is 33.0. The van der Waals surface area contributed by atoms with Gasteiger partial charge >= 0.3 is 42.7 Å². The Labute approximate surface area is 660 Å². The van der Waals surface area contributed by atoms with Crippen molar-refractivity contribution >= 4 is 191 Å². The number of rotatable bonds is 16. The summed E-state index contributed by atoms with van der Waals surface area (Å²) in [5.41, 5.74) is 7.40. The number of methoxy groups -OCH3 is 3. The predicted octanol–water partition coefficient (Wildman–Crippen LogP) is 17.9. The van der Waals surface area contributed by atoms with E-state index in [1.165, 1.54) is 28.4 Å². The van der Waals surface area contributed by atoms with Crippen molar-refractivity contribution in [1.29, 1.82) is 5.31 Å². The van der Waals surface area contributed by atoms with Crippen LogP contribution in [-0.2, 0) is 48.0 Å². The molecule has 29 heteroatoms. The van der Waals surface area contributed by atoms with Crippen molar-refractivity contribution in [3.63, 3.8) is 0 Å². The number of carboxylic acid groups (broad SMARTS) is 2. The molecule has 2 fully saturated rings. The molecule has 6 aromatic carbocycles. The third-order valence-electron chi connectivity index (χ3n) is 18.2. The summed E-state index contributed by atoms with van der Waals surface area (Å²) in [6.45, 7) is 6.21. The van der Waals surface area contributed by atoms with Crippen LogP contribution in [0, 0.1) is 61.6 Å². The number of carbonyl (C=O) groups excluding carboxylic acids is 6. The molecule has 6 unspecified atom stereocenters. The van der Waals surface area contributed by atoms with Gasteiger partial charge in [-0.25, -0.2) is 0 Å². The Bertz CT molecular complexity index is 4540. The molecule has 4 aliphatic carbocycles. The number of ether oxygens (including phenoxy) is 4. The number of carbonyl (C=O) groups is 8. The van der Waals surface area contributed by atoms with Crippen LogP contribution in [0.2, 0.25) is 16.5 Å². The van der Waals surface area contributed by atoms with Gasteiger partial charge in [0, 0.05) is 71.6 Å². The molecule has 0 amide bonds. The van der Waals surface area contributed by atoms with E-state index in [4.69, 9.17) is 107 Å². The second-order valence-corrected chi connectivity index (χ2v) is 27.9. The number of aromatic nitrogens is 3. The number of carboxylic acids is 2. The third-order valence-corrected chi connectivity index (χ3v) is 19.4. The molecule has 3 heterocycles. The van der Waals surface area contributed by atoms with Gasteiger partial charge in [0.1, 0.15) is 17.2 Å². The van der Waals surface area contributed by atoms with E-state index in [1.807, 2.05) is 25.1 Å². The molecule has 2 saturated carbocycles. The summed E-state index contributed by atoms with van der Waals surface area (Å²) in [4.78, 5) is 93.6. The van der Waals surface area contributed by atoms with Crippen LogP contribution >= 0.6 is 104 Å². The van der Waals surface area contributed by atoms with Crippen molar-refractivity contribution in [3.8, 4) is 17.2 Å². The maximum atomic E-state index is 13.4. The summed E-state index contributed by atoms with van der Waals surface area (Å²) < 4.78 is 31.9. The van der Waals surface area contributed by atoms with Crippen LogP contribution in [-0.4, -0.2) is 128 Å². The van der Waals surface area contributed by atoms with Crippen molar-refractivity contribution in [2.45, 2.75) is 65.7 Å². The van der Waals surface area contributed by atoms with Crippen molar-refractivity contribution in [2.24, 2.45) is 35.5 Å². The van der Waals surface area contributed by atoms with E-state index < -0.39 is 22.4 Å². The van der Waals surface area contributed by atoms with Crippen molar-refractivity contribution in [1.82, 2.24) is 13.7 Å². The van der Waals surface area contributed by atoms with Crippen LogP contribution in [0.25, 0.3) is 32.7 Å². The van der Waals surface area contributed by atoms with E-state index in [1.54, 1.807) is 149 Å². The molecule has 559 valence electrons. The van der Waals surface area contributed by atoms with Crippen LogP contribution in [0.15, 0.2) is 152 Å². The summed E-state index contributed by atoms with van der Waals surface area (Å²) in [6, 6.07) is 36.1. The zero-order chi connectivity index (χ0) is 78.9. The molecular weight excluding hydrogens is 1550 g/mol. The first-order chi connectivity index (χ1) is 51.1. The Hall–Kier alpha value is -7.99. The Morgan fingerprint density at radius 1 is 0.481 bits per heavy atom. The number of allylic oxidation sites excluding steroid dienone is 4. The van der Waals surface area contributed by atoms with Crippen LogP contribution in [0.1, 0.15) is 90.5 Å². The van der Waals surface area contributed by atoms with Gasteiger partial charge in [-0.3, -0.25) is 52.1 Å². The van der Waals surface area contributed by atoms with Crippen molar-refractivity contribution in [3.05, 3.63) is 217 Å². The summed E-state index contributed by atoms with van der Waals surface area (Å²) >= 11 is 45.8. The molecule has 106 heavy (non-hydrogen) atoms. The second-order valence-electron chi connectivity index (χ2n) is 24.3. The van der Waals surface area contributed by atoms with E-state index in [2.05, 4.69) is 60.4 Å². The molecule has 3 aromatic heterocycles. The van der Waals surface area contributed by atoms with Crippen LogP contribution in [0.5, 0.6) is 17.2 Å². The Kier molecular flexibility index (Phi) is 33.7. The molecule has 1 radical (unpaired) electrons. The summed E-state index contributed by atoms with van der Waals surface area (Å²) in [7, 11) is 8.82. The number of nitrogens with one attached hydrogen (secondary N) is 1. The van der Waals surface area contributed by atoms with Gasteiger partial charge in [0.05, 0.1) is 74.4 Å². The number of alkyl halides is 4. The molecule has 4 aliphatic rings. The van der Waals surface area contributed by atoms with Gasteiger partial charge in [-0.05, 0) is 249 Å². The van der Waals surface area contributed by atoms with Crippen LogP contribution < -0.4 is 14.2 Å². The summed E-state index contributed by atoms with van der Waals surface area (Å²) in [5.74, 6) is 2.78. The monoisotopic (exact) mass is 1620 g/mol. The number of benzene rings is 6. The number of esters is 1. The molecule has 0 saturated heterocycles. The minimum absolute atomic E-state index is 0.104. The molecule has 13 rings (SSSR count). The number of aliphatic hydroxyl groups is 1. The number of aliphatic hydroxyl groups excluding tert-OH is 1. The standard InChI is InChI=1S/C27H26ClNO4.2C19H16ClNO4.C8H12O.C2Cl2O2.2CH2Cl2.BHN/c1-16-23(14-26(30)33-15-20-12-17-3-4-19(20)11-17)24-13-22(32-2)9-10-25(24)29(16)27(31)18-5-7-21(28)8-6-18;2*1-11-15(10-18(22)23)16-9-14(25-2)7-8-17(16)21(11)19(24)12-3-5-13(20)6-4-12;9-5-8-4-6-1-2-7(8)3-6;3-1(5)2(4)6;2*2-1-3;1-2/h3-10,13,17,19-20H,11-12,14-15H2,1-2H3;2*3-9H,10H2,1-2H3,(H,22,23);1-2,6-9H,3-5H2;;2*1H2;2H/i;;;;;;;2D. The first-order valence-corrected chi connectivity index (χ1v) is 36.6. The van der Waals surface area contributed by atoms with E-state index in [0.29, 0.717) is 130 Å². The number of fused-ring (bicyclic) bond motifs is 7. The third kappa shape index (κ3) is 22.6. The van der Waals surface area contributed by atoms with E-state index in [9.17, 15) is 48.6 Å². The Balaban J connectivity index is 0.000000219. The molecule has 0 aliphatic heterocycles. The van der Waals surface area contributed by atoms with Gasteiger partial charge in [-0.2, -0.15) is 0 Å². The number of nitrogens with zero attached hydrogens (tertiary/aromatic N) is 3. The van der Waals surface area contributed by atoms with Gasteiger partial charge in [-0.15, -0.1) is 46.4 Å². The summed E-state index contributed by atoms with van der Waals surface area (Å²) in [6.07, 6.45) is 13.7. The van der Waals surface area contributed by atoms with E-state index in [-0.39, 0.29) is 53.6 Å². The van der Waals surface area contributed by atoms with Gasteiger partial charge in [0.15, 0.2) is 0 Å². The maximum absolute atomic E-state index is 13.4. The average Bonchev–Trinajstić information content (AvgIpc) is 1.62. The van der Waals surface area contributed by atoms with Gasteiger partial charge < -0.3 is 34.3 Å². The first kappa shape index (κ1) is 85.3. The number of hydrogen-bond donors (Lipinski definition) is 4. The van der Waals surface area contributed by atoms with Crippen LogP contribution in [0.3, 0.4) is 0 Å². The second kappa shape index (κ2) is 41.9. The van der Waals surface area contributed by atoms with E-state index >= 15 is 0 Å². The molecule has 0 spiro atoms. The number of hydrogen-bond acceptors (Lipinski definition) is 14. The van der Waals surface area contributed by atoms with Crippen molar-refractivity contribution < 1.29 is 74.0 Å². The molecule has 4 bridgehead atoms. The topological polar surface area (TPSA) is 273 Å². The number of halogens is 9. The summed E-state index contributed by atoms with van der Waals surface area (Å²) in [5, 5.41) is 31.5. The molecule has 19 nitrogen and oxygen atoms in total. The quantitative estimate of drug-likeness (QED) is 0.0175. The molecule has 4 N–H and O–H groups in total. The van der Waals surface area contributed by atoms with Gasteiger partial charge in [0.25, 0.3) is 17.7 Å². The molecular formula is C77H75BCl9N4O15. The van der Waals surface area contributed by atoms with Gasteiger partial charge in [-0.1, -0.05) is 59.1 Å². The van der Waals surface area contributed by atoms with Crippen LogP contribution in [0.4, 0.5) is 0 Å². The zero-order valence-corrected chi connectivity index (χ0v) is 65.0. The van der Waals surface area contributed by atoms with Gasteiger partial charge in [0.2, 0.25) is 0 Å². The fourth-order valence-electron chi connectivity index (χ4n) is 13.3. The Morgan fingerprint density at radius 2 is 0.774 bits per heavy atom. The zero-order valence-electron chi connectivity index (χ0n) is 59.2. The molecule has 9 aromatic rings. The number of aliphatic carboxylic acids is 2. The van der Waals surface area contributed by atoms with E-state index in [0.717, 1.165) is 40.4 Å². The average molecular weight is 1630 g/mol. The SMILES string of the molecule is COc1ccc2c(c1)c(CC(=O)O)c(C)n2C(=O)c1ccc(Cl)cc1.COc1ccc2c(c1)c(CC(=O)O)c(C)n2C(=O)c1ccc(Cl)cc1.COc1ccc2c(c1)c(CC(=O)OCC1CC3C=CC1C3)c(C)n2C(=O)c1ccc(Cl)cc1.ClCCl.ClCCl.O=C(Cl)C(=O)Cl.OCC1CC2C=CC1C2.[2H]N=[B]. The predicted molar refractivity (Wildman–Crippen MR) is 419 cm³/mol. The van der Waals surface area contributed by atoms with Crippen molar-refractivity contribution in [2.75, 3.05) is 45.2 Å². The normalized spacial score (nSPS) is 16.5.